The van der Waals surface area contributed by atoms with Gasteiger partial charge < -0.3 is 14.9 Å². The third-order valence-electron chi connectivity index (χ3n) is 3.14. The molecule has 2 aromatic heterocycles. The highest BCUT2D eigenvalue weighted by atomic mass is 16.1. The van der Waals surface area contributed by atoms with E-state index in [1.807, 2.05) is 24.3 Å². The highest BCUT2D eigenvalue weighted by Gasteiger charge is 2.09. The van der Waals surface area contributed by atoms with Crippen LogP contribution >= 0.6 is 0 Å². The molecular formula is C14H15N5O. The quantitative estimate of drug-likeness (QED) is 0.749. The second kappa shape index (κ2) is 5.16. The van der Waals surface area contributed by atoms with Gasteiger partial charge in [-0.15, -0.1) is 0 Å². The summed E-state index contributed by atoms with van der Waals surface area (Å²) < 4.78 is 1.69. The fraction of sp³-hybridized carbons (Fsp3) is 0.214. The van der Waals surface area contributed by atoms with Gasteiger partial charge in [0.2, 0.25) is 0 Å². The minimum Gasteiger partial charge on any atom is -0.350 e. The van der Waals surface area contributed by atoms with Gasteiger partial charge in [-0.25, -0.2) is 9.97 Å². The Labute approximate surface area is 115 Å². The van der Waals surface area contributed by atoms with E-state index >= 15 is 0 Å². The van der Waals surface area contributed by atoms with Crippen molar-refractivity contribution in [3.05, 3.63) is 48.3 Å². The molecule has 0 bridgehead atoms. The van der Waals surface area contributed by atoms with Crippen LogP contribution in [0.25, 0.3) is 11.0 Å². The lowest BCUT2D eigenvalue weighted by molar-refractivity contribution is 0.0946. The zero-order valence-electron chi connectivity index (χ0n) is 11.1. The first-order chi connectivity index (χ1) is 9.74. The number of aromatic amines is 1. The van der Waals surface area contributed by atoms with Crippen molar-refractivity contribution in [2.45, 2.75) is 6.42 Å². The Bertz CT molecular complexity index is 710. The first kappa shape index (κ1) is 12.4. The van der Waals surface area contributed by atoms with Crippen molar-refractivity contribution < 1.29 is 4.79 Å². The first-order valence-electron chi connectivity index (χ1n) is 6.42. The Morgan fingerprint density at radius 1 is 1.40 bits per heavy atom. The average Bonchev–Trinajstić information content (AvgIpc) is 3.04. The number of hydrogen-bond acceptors (Lipinski definition) is 3. The summed E-state index contributed by atoms with van der Waals surface area (Å²) in [5.74, 6) is 0.748. The minimum absolute atomic E-state index is 0.124. The van der Waals surface area contributed by atoms with Crippen LogP contribution in [0, 0.1) is 0 Å². The molecule has 6 nitrogen and oxygen atoms in total. The molecule has 0 aliphatic heterocycles. The summed E-state index contributed by atoms with van der Waals surface area (Å²) in [5, 5.41) is 2.86. The lowest BCUT2D eigenvalue weighted by atomic mass is 10.3. The van der Waals surface area contributed by atoms with Gasteiger partial charge in [0.05, 0.1) is 23.6 Å². The molecule has 0 radical (unpaired) electrons. The predicted molar refractivity (Wildman–Crippen MR) is 75.3 cm³/mol. The molecule has 20 heavy (non-hydrogen) atoms. The Balaban J connectivity index is 1.60. The van der Waals surface area contributed by atoms with Crippen molar-refractivity contribution in [2.75, 3.05) is 6.54 Å². The van der Waals surface area contributed by atoms with Crippen LogP contribution in [-0.2, 0) is 13.5 Å². The van der Waals surface area contributed by atoms with E-state index in [4.69, 9.17) is 0 Å². The number of carbonyl (C=O) groups excluding carboxylic acids is 1. The van der Waals surface area contributed by atoms with Crippen molar-refractivity contribution in [1.82, 2.24) is 24.8 Å². The number of benzene rings is 1. The molecule has 0 fully saturated rings. The van der Waals surface area contributed by atoms with E-state index < -0.39 is 0 Å². The number of aromatic nitrogens is 4. The fourth-order valence-corrected chi connectivity index (χ4v) is 2.09. The van der Waals surface area contributed by atoms with E-state index in [9.17, 15) is 4.79 Å². The van der Waals surface area contributed by atoms with Gasteiger partial charge >= 0.3 is 0 Å². The molecule has 6 heteroatoms. The first-order valence-corrected chi connectivity index (χ1v) is 6.42. The maximum absolute atomic E-state index is 11.9. The highest BCUT2D eigenvalue weighted by molar-refractivity contribution is 5.92. The summed E-state index contributed by atoms with van der Waals surface area (Å²) in [4.78, 5) is 23.5. The minimum atomic E-state index is -0.124. The van der Waals surface area contributed by atoms with E-state index in [0.717, 1.165) is 16.9 Å². The van der Waals surface area contributed by atoms with Gasteiger partial charge in [0.1, 0.15) is 11.5 Å². The Kier molecular flexibility index (Phi) is 3.20. The molecule has 2 N–H and O–H groups in total. The molecule has 0 aliphatic carbocycles. The summed E-state index contributed by atoms with van der Waals surface area (Å²) in [5.41, 5.74) is 2.51. The van der Waals surface area contributed by atoms with Crippen LogP contribution in [0.4, 0.5) is 0 Å². The standard InChI is InChI=1S/C14H15N5O/c1-19-9-15-8-12(19)14(20)16-7-6-13-17-10-4-2-3-5-11(10)18-13/h2-5,8-9H,6-7H2,1H3,(H,16,20)(H,17,18). The average molecular weight is 269 g/mol. The molecule has 2 heterocycles. The van der Waals surface area contributed by atoms with Crippen LogP contribution in [-0.4, -0.2) is 32.0 Å². The number of aryl methyl sites for hydroxylation is 1. The molecule has 3 aromatic rings. The summed E-state index contributed by atoms with van der Waals surface area (Å²) in [6.45, 7) is 0.532. The third-order valence-corrected chi connectivity index (χ3v) is 3.14. The van der Waals surface area contributed by atoms with E-state index in [2.05, 4.69) is 20.3 Å². The number of H-pyrrole nitrogens is 1. The molecule has 0 atom stereocenters. The summed E-state index contributed by atoms with van der Waals surface area (Å²) >= 11 is 0. The molecule has 1 amide bonds. The molecule has 3 rings (SSSR count). The zero-order chi connectivity index (χ0) is 13.9. The van der Waals surface area contributed by atoms with Crippen LogP contribution in [0.3, 0.4) is 0 Å². The monoisotopic (exact) mass is 269 g/mol. The van der Waals surface area contributed by atoms with Crippen LogP contribution in [0.15, 0.2) is 36.8 Å². The number of para-hydroxylation sites is 2. The molecule has 1 aromatic carbocycles. The van der Waals surface area contributed by atoms with E-state index in [1.54, 1.807) is 24.1 Å². The van der Waals surface area contributed by atoms with Crippen LogP contribution in [0.1, 0.15) is 16.3 Å². The van der Waals surface area contributed by atoms with Gasteiger partial charge in [-0.2, -0.15) is 0 Å². The Morgan fingerprint density at radius 3 is 3.00 bits per heavy atom. The molecule has 0 spiro atoms. The maximum Gasteiger partial charge on any atom is 0.269 e. The van der Waals surface area contributed by atoms with Gasteiger partial charge in [-0.1, -0.05) is 12.1 Å². The molecule has 0 saturated heterocycles. The van der Waals surface area contributed by atoms with Crippen LogP contribution < -0.4 is 5.32 Å². The number of hydrogen-bond donors (Lipinski definition) is 2. The maximum atomic E-state index is 11.9. The lowest BCUT2D eigenvalue weighted by Crippen LogP contribution is -2.27. The number of rotatable bonds is 4. The smallest absolute Gasteiger partial charge is 0.269 e. The Hall–Kier alpha value is -2.63. The van der Waals surface area contributed by atoms with Crippen molar-refractivity contribution >= 4 is 16.9 Å². The number of nitrogens with zero attached hydrogens (tertiary/aromatic N) is 3. The van der Waals surface area contributed by atoms with Crippen molar-refractivity contribution in [3.63, 3.8) is 0 Å². The summed E-state index contributed by atoms with van der Waals surface area (Å²) in [6.07, 6.45) is 3.82. The van der Waals surface area contributed by atoms with Crippen molar-refractivity contribution in [1.29, 1.82) is 0 Å². The van der Waals surface area contributed by atoms with E-state index in [1.165, 1.54) is 0 Å². The van der Waals surface area contributed by atoms with Crippen LogP contribution in [0.5, 0.6) is 0 Å². The topological polar surface area (TPSA) is 75.6 Å². The van der Waals surface area contributed by atoms with Gasteiger partial charge in [0.15, 0.2) is 0 Å². The lowest BCUT2D eigenvalue weighted by Gasteiger charge is -2.03. The SMILES string of the molecule is Cn1cncc1C(=O)NCCc1nc2ccccc2[nH]1. The molecule has 0 unspecified atom stereocenters. The van der Waals surface area contributed by atoms with Crippen LogP contribution in [0.2, 0.25) is 0 Å². The predicted octanol–water partition coefficient (Wildman–Crippen LogP) is 1.27. The van der Waals surface area contributed by atoms with Gasteiger partial charge in [-0.05, 0) is 12.1 Å². The number of amides is 1. The summed E-state index contributed by atoms with van der Waals surface area (Å²) in [6, 6.07) is 7.87. The summed E-state index contributed by atoms with van der Waals surface area (Å²) in [7, 11) is 1.79. The molecule has 102 valence electrons. The molecular weight excluding hydrogens is 254 g/mol. The highest BCUT2D eigenvalue weighted by Crippen LogP contribution is 2.10. The van der Waals surface area contributed by atoms with Gasteiger partial charge in [-0.3, -0.25) is 4.79 Å². The number of imidazole rings is 2. The molecule has 0 saturated carbocycles. The Morgan fingerprint density at radius 2 is 2.25 bits per heavy atom. The second-order valence-electron chi connectivity index (χ2n) is 4.60. The van der Waals surface area contributed by atoms with E-state index in [0.29, 0.717) is 18.7 Å². The number of nitrogens with one attached hydrogen (secondary N) is 2. The zero-order valence-corrected chi connectivity index (χ0v) is 11.1. The normalized spacial score (nSPS) is 10.8. The van der Waals surface area contributed by atoms with Gasteiger partial charge in [0, 0.05) is 20.0 Å². The molecule has 0 aliphatic rings. The largest absolute Gasteiger partial charge is 0.350 e. The number of fused-ring (bicyclic) bond motifs is 1. The van der Waals surface area contributed by atoms with Gasteiger partial charge in [0.25, 0.3) is 5.91 Å². The fourth-order valence-electron chi connectivity index (χ4n) is 2.09. The second-order valence-corrected chi connectivity index (χ2v) is 4.60. The van der Waals surface area contributed by atoms with E-state index in [-0.39, 0.29) is 5.91 Å². The third kappa shape index (κ3) is 2.40. The van der Waals surface area contributed by atoms with Crippen molar-refractivity contribution in [2.24, 2.45) is 7.05 Å². The van der Waals surface area contributed by atoms with Crippen molar-refractivity contribution in [3.8, 4) is 0 Å². The number of carbonyl (C=O) groups is 1.